The summed E-state index contributed by atoms with van der Waals surface area (Å²) in [7, 11) is 1.68. The topological polar surface area (TPSA) is 86.8 Å². The molecule has 0 aromatic heterocycles. The van der Waals surface area contributed by atoms with Crippen LogP contribution in [0.5, 0.6) is 11.5 Å². The quantitative estimate of drug-likeness (QED) is 0.0362. The molecule has 0 bridgehead atoms. The van der Waals surface area contributed by atoms with Crippen LogP contribution in [0.15, 0.2) is 176 Å². The first-order chi connectivity index (χ1) is 31.3. The predicted molar refractivity (Wildman–Crippen MR) is 257 cm³/mol. The van der Waals surface area contributed by atoms with Crippen LogP contribution in [0.3, 0.4) is 0 Å². The smallest absolute Gasteiger partial charge is 0.497 e. The lowest BCUT2D eigenvalue weighted by molar-refractivity contribution is -0.142. The van der Waals surface area contributed by atoms with Crippen molar-refractivity contribution in [2.24, 2.45) is 0 Å². The maximum Gasteiger partial charge on any atom is 0.513 e. The molecule has 9 heteroatoms. The summed E-state index contributed by atoms with van der Waals surface area (Å²) in [5.74, 6) is 0.795. The Morgan fingerprint density at radius 1 is 0.438 bits per heavy atom. The average molecular weight is 851 g/mol. The molecule has 0 radical (unpaired) electrons. The Labute approximate surface area is 375 Å². The van der Waals surface area contributed by atoms with Crippen molar-refractivity contribution in [3.8, 4) is 11.5 Å². The number of ether oxygens (including phenoxy) is 5. The molecule has 0 spiro atoms. The molecule has 7 rings (SSSR count). The molecule has 0 aliphatic carbocycles. The van der Waals surface area contributed by atoms with Crippen molar-refractivity contribution in [3.63, 3.8) is 0 Å². The number of hydrogen-bond acceptors (Lipinski definition) is 9. The van der Waals surface area contributed by atoms with Crippen molar-refractivity contribution in [2.75, 3.05) is 43.3 Å². The molecular weight excluding hydrogens is 801 g/mol. The van der Waals surface area contributed by atoms with Gasteiger partial charge in [0, 0.05) is 41.0 Å². The van der Waals surface area contributed by atoms with Crippen LogP contribution in [0.25, 0.3) is 24.3 Å². The van der Waals surface area contributed by atoms with Crippen LogP contribution in [0.2, 0.25) is 0 Å². The first kappa shape index (κ1) is 44.2. The van der Waals surface area contributed by atoms with Gasteiger partial charge in [-0.2, -0.15) is 0 Å². The zero-order valence-electron chi connectivity index (χ0n) is 36.1. The molecule has 9 nitrogen and oxygen atoms in total. The minimum Gasteiger partial charge on any atom is -0.497 e. The number of anilines is 6. The van der Waals surface area contributed by atoms with E-state index in [4.69, 9.17) is 23.7 Å². The minimum absolute atomic E-state index is 0.00741. The van der Waals surface area contributed by atoms with E-state index >= 15 is 0 Å². The van der Waals surface area contributed by atoms with Crippen LogP contribution in [-0.4, -0.2) is 45.7 Å². The number of nitrogens with zero attached hydrogens (tertiary/aromatic N) is 2. The third kappa shape index (κ3) is 12.6. The monoisotopic (exact) mass is 850 g/mol. The summed E-state index contributed by atoms with van der Waals surface area (Å²) in [4.78, 5) is 27.5. The van der Waals surface area contributed by atoms with Crippen LogP contribution >= 0.6 is 0 Å². The zero-order chi connectivity index (χ0) is 44.5. The summed E-state index contributed by atoms with van der Waals surface area (Å²) >= 11 is 0. The largest absolute Gasteiger partial charge is 0.513 e. The van der Waals surface area contributed by atoms with Crippen molar-refractivity contribution in [2.45, 2.75) is 13.8 Å². The maximum atomic E-state index is 12.3. The third-order valence-electron chi connectivity index (χ3n) is 10.1. The van der Waals surface area contributed by atoms with Gasteiger partial charge in [-0.1, -0.05) is 109 Å². The van der Waals surface area contributed by atoms with Gasteiger partial charge in [-0.15, -0.1) is 0 Å². The second-order valence-electron chi connectivity index (χ2n) is 14.7. The van der Waals surface area contributed by atoms with Crippen molar-refractivity contribution in [3.05, 3.63) is 204 Å². The third-order valence-corrected chi connectivity index (χ3v) is 10.1. The lowest BCUT2D eigenvalue weighted by atomic mass is 10.1. The van der Waals surface area contributed by atoms with E-state index in [1.807, 2.05) is 30.3 Å². The van der Waals surface area contributed by atoms with E-state index in [1.54, 1.807) is 19.2 Å². The second-order valence-corrected chi connectivity index (χ2v) is 14.7. The van der Waals surface area contributed by atoms with Crippen LogP contribution in [-0.2, 0) is 19.0 Å². The number of aryl methyl sites for hydroxylation is 1. The molecule has 64 heavy (non-hydrogen) atoms. The number of carbonyl (C=O) groups is 2. The summed E-state index contributed by atoms with van der Waals surface area (Å²) in [6.45, 7) is 3.91. The number of hydrogen-bond donors (Lipinski definition) is 0. The minimum atomic E-state index is -0.834. The average Bonchev–Trinajstić information content (AvgIpc) is 3.33. The van der Waals surface area contributed by atoms with E-state index in [0.717, 1.165) is 67.7 Å². The fraction of sp³-hybridized carbons (Fsp3) is 0.127. The van der Waals surface area contributed by atoms with Crippen LogP contribution in [0.1, 0.15) is 34.7 Å². The summed E-state index contributed by atoms with van der Waals surface area (Å²) < 4.78 is 26.0. The lowest BCUT2D eigenvalue weighted by Gasteiger charge is -2.26. The maximum absolute atomic E-state index is 12.3. The highest BCUT2D eigenvalue weighted by atomic mass is 16.7. The number of para-hydroxylation sites is 1. The van der Waals surface area contributed by atoms with Gasteiger partial charge in [-0.3, -0.25) is 4.79 Å². The van der Waals surface area contributed by atoms with Gasteiger partial charge in [0.25, 0.3) is 0 Å². The molecule has 322 valence electrons. The number of benzene rings is 7. The molecule has 7 aromatic rings. The molecule has 7 aromatic carbocycles. The molecule has 0 saturated heterocycles. The molecule has 0 unspecified atom stereocenters. The fourth-order valence-corrected chi connectivity index (χ4v) is 6.79. The van der Waals surface area contributed by atoms with Crippen LogP contribution < -0.4 is 19.3 Å². The van der Waals surface area contributed by atoms with Crippen molar-refractivity contribution >= 4 is 70.6 Å². The second kappa shape index (κ2) is 22.3. The Hall–Kier alpha value is -7.88. The van der Waals surface area contributed by atoms with E-state index in [9.17, 15) is 9.59 Å². The highest BCUT2D eigenvalue weighted by molar-refractivity contribution is 5.80. The van der Waals surface area contributed by atoms with Crippen LogP contribution in [0, 0.1) is 6.92 Å². The Balaban J connectivity index is 0.958. The van der Waals surface area contributed by atoms with Gasteiger partial charge < -0.3 is 33.5 Å². The van der Waals surface area contributed by atoms with Gasteiger partial charge in [0.05, 0.1) is 20.3 Å². The molecule has 0 N–H and O–H groups in total. The number of methoxy groups -OCH3 is 1. The van der Waals surface area contributed by atoms with E-state index in [0.29, 0.717) is 5.75 Å². The molecule has 0 heterocycles. The highest BCUT2D eigenvalue weighted by Gasteiger charge is 2.15. The molecular formula is C55H50N2O7. The molecule has 0 saturated carbocycles. The first-order valence-corrected chi connectivity index (χ1v) is 21.0. The molecule has 0 aliphatic rings. The zero-order valence-corrected chi connectivity index (χ0v) is 36.1. The Bertz CT molecular complexity index is 2610. The summed E-state index contributed by atoms with van der Waals surface area (Å²) in [5.41, 5.74) is 11.6. The van der Waals surface area contributed by atoms with E-state index in [2.05, 4.69) is 174 Å². The molecule has 0 atom stereocenters. The van der Waals surface area contributed by atoms with Crippen molar-refractivity contribution in [1.29, 1.82) is 0 Å². The highest BCUT2D eigenvalue weighted by Crippen LogP contribution is 2.37. The van der Waals surface area contributed by atoms with Crippen molar-refractivity contribution < 1.29 is 33.3 Å². The van der Waals surface area contributed by atoms with Crippen LogP contribution in [0.4, 0.5) is 38.9 Å². The van der Waals surface area contributed by atoms with E-state index in [-0.39, 0.29) is 32.4 Å². The van der Waals surface area contributed by atoms with Gasteiger partial charge >= 0.3 is 12.1 Å². The SMILES string of the molecule is COc1ccc(N(c2ccccc2)c2ccc(C=Cc3ccc(C=Cc4ccc(N(c5ccc(C)cc5)c5ccc(OC(=O)OCCOCCOC(C)=O)cc5)cc4)cc3)cc2)cc1. The normalized spacial score (nSPS) is 11.0. The van der Waals surface area contributed by atoms with Gasteiger partial charge in [0.1, 0.15) is 24.7 Å². The Morgan fingerprint density at radius 2 is 0.797 bits per heavy atom. The standard InChI is InChI=1S/C55H50N2O7/c1-41-9-23-48(24-10-41)57(52-31-35-54(36-32-52)64-55(59)63-40-38-61-37-39-62-42(2)58)50-27-21-46(22-28-50)18-16-44-13-11-43(12-14-44)15-17-45-19-25-49(26-20-45)56(47-7-5-4-6-8-47)51-29-33-53(60-3)34-30-51/h4-36H,37-40H2,1-3H3. The summed E-state index contributed by atoms with van der Waals surface area (Å²) in [6, 6.07) is 59.5. The number of esters is 1. The summed E-state index contributed by atoms with van der Waals surface area (Å²) in [5, 5.41) is 0. The van der Waals surface area contributed by atoms with Gasteiger partial charge in [-0.25, -0.2) is 4.79 Å². The van der Waals surface area contributed by atoms with Gasteiger partial charge in [-0.05, 0) is 126 Å². The summed E-state index contributed by atoms with van der Waals surface area (Å²) in [6.07, 6.45) is 7.65. The predicted octanol–water partition coefficient (Wildman–Crippen LogP) is 13.4. The van der Waals surface area contributed by atoms with Gasteiger partial charge in [0.2, 0.25) is 0 Å². The fourth-order valence-electron chi connectivity index (χ4n) is 6.79. The molecule has 0 amide bonds. The Kier molecular flexibility index (Phi) is 15.4. The van der Waals surface area contributed by atoms with Gasteiger partial charge in [0.15, 0.2) is 0 Å². The first-order valence-electron chi connectivity index (χ1n) is 21.0. The molecule has 0 aliphatic heterocycles. The van der Waals surface area contributed by atoms with E-state index in [1.165, 1.54) is 6.92 Å². The number of rotatable bonds is 18. The number of carbonyl (C=O) groups excluding carboxylic acids is 2. The lowest BCUT2D eigenvalue weighted by Crippen LogP contribution is -2.16. The Morgan fingerprint density at radius 3 is 1.22 bits per heavy atom. The molecule has 0 fully saturated rings. The van der Waals surface area contributed by atoms with Crippen molar-refractivity contribution in [1.82, 2.24) is 0 Å². The van der Waals surface area contributed by atoms with E-state index < -0.39 is 6.16 Å².